The zero-order valence-electron chi connectivity index (χ0n) is 17.8. The fourth-order valence-electron chi connectivity index (χ4n) is 3.02. The number of amides is 1. The molecule has 7 nitrogen and oxygen atoms in total. The number of methoxy groups -OCH3 is 1. The molecule has 0 spiro atoms. The number of nitrogens with zero attached hydrogens (tertiary/aromatic N) is 1. The molecule has 0 saturated carbocycles. The van der Waals surface area contributed by atoms with E-state index < -0.39 is 11.9 Å². The predicted molar refractivity (Wildman–Crippen MR) is 129 cm³/mol. The largest absolute Gasteiger partial charge is 0.493 e. The number of carboxylic acid groups (broad SMARTS) is 1. The first-order chi connectivity index (χ1) is 16.3. The molecule has 0 fully saturated rings. The highest BCUT2D eigenvalue weighted by Gasteiger charge is 2.17. The van der Waals surface area contributed by atoms with Crippen LogP contribution in [0.15, 0.2) is 66.2 Å². The van der Waals surface area contributed by atoms with E-state index in [9.17, 15) is 20.0 Å². The normalized spacial score (nSPS) is 10.8. The van der Waals surface area contributed by atoms with Crippen LogP contribution in [-0.2, 0) is 11.4 Å². The number of hydrogen-bond acceptors (Lipinski definition) is 5. The van der Waals surface area contributed by atoms with Gasteiger partial charge in [0.05, 0.1) is 18.4 Å². The van der Waals surface area contributed by atoms with Gasteiger partial charge < -0.3 is 19.9 Å². The Labute approximate surface area is 205 Å². The minimum absolute atomic E-state index is 0.0700. The van der Waals surface area contributed by atoms with Crippen molar-refractivity contribution >= 4 is 46.8 Å². The number of carbonyl (C=O) groups excluding carboxylic acids is 1. The minimum atomic E-state index is -1.21. The second-order valence-corrected chi connectivity index (χ2v) is 7.72. The molecule has 9 heteroatoms. The molecule has 1 amide bonds. The van der Waals surface area contributed by atoms with Gasteiger partial charge in [0.2, 0.25) is 0 Å². The minimum Gasteiger partial charge on any atom is -0.493 e. The molecule has 0 atom stereocenters. The molecule has 0 aliphatic carbocycles. The number of rotatable bonds is 8. The van der Waals surface area contributed by atoms with Gasteiger partial charge in [-0.1, -0.05) is 53.5 Å². The van der Waals surface area contributed by atoms with E-state index in [4.69, 9.17) is 32.7 Å². The molecule has 0 heterocycles. The number of ether oxygens (including phenoxy) is 2. The van der Waals surface area contributed by atoms with E-state index >= 15 is 0 Å². The highest BCUT2D eigenvalue weighted by atomic mass is 35.5. The second kappa shape index (κ2) is 11.2. The number of aromatic carboxylic acids is 1. The lowest BCUT2D eigenvalue weighted by atomic mass is 10.1. The maximum atomic E-state index is 12.7. The summed E-state index contributed by atoms with van der Waals surface area (Å²) in [6, 6.07) is 17.7. The first kappa shape index (κ1) is 24.6. The van der Waals surface area contributed by atoms with Gasteiger partial charge in [-0.15, -0.1) is 0 Å². The van der Waals surface area contributed by atoms with E-state index in [0.29, 0.717) is 32.7 Å². The van der Waals surface area contributed by atoms with Crippen molar-refractivity contribution in [3.63, 3.8) is 0 Å². The van der Waals surface area contributed by atoms with Crippen molar-refractivity contribution in [3.05, 3.63) is 93.0 Å². The molecular weight excluding hydrogens is 479 g/mol. The molecule has 3 aromatic rings. The van der Waals surface area contributed by atoms with Crippen LogP contribution in [0.2, 0.25) is 10.0 Å². The summed E-state index contributed by atoms with van der Waals surface area (Å²) in [6.07, 6.45) is 1.33. The molecule has 0 aliphatic rings. The lowest BCUT2D eigenvalue weighted by Crippen LogP contribution is -2.16. The lowest BCUT2D eigenvalue weighted by molar-refractivity contribution is -0.112. The van der Waals surface area contributed by atoms with Crippen molar-refractivity contribution in [2.24, 2.45) is 0 Å². The molecule has 3 rings (SSSR count). The third-order valence-electron chi connectivity index (χ3n) is 4.69. The van der Waals surface area contributed by atoms with E-state index in [0.717, 1.165) is 0 Å². The van der Waals surface area contributed by atoms with E-state index in [1.807, 2.05) is 6.07 Å². The van der Waals surface area contributed by atoms with Crippen molar-refractivity contribution in [1.29, 1.82) is 5.26 Å². The van der Waals surface area contributed by atoms with Crippen LogP contribution in [0.4, 0.5) is 5.69 Å². The molecule has 0 radical (unpaired) electrons. The van der Waals surface area contributed by atoms with Crippen LogP contribution in [0, 0.1) is 11.3 Å². The smallest absolute Gasteiger partial charge is 0.337 e. The van der Waals surface area contributed by atoms with Crippen molar-refractivity contribution in [1.82, 2.24) is 0 Å². The van der Waals surface area contributed by atoms with Gasteiger partial charge in [0.25, 0.3) is 5.91 Å². The number of carboxylic acids is 1. The fraction of sp³-hybridized carbons (Fsp3) is 0.0800. The van der Waals surface area contributed by atoms with Crippen LogP contribution in [0.1, 0.15) is 21.5 Å². The van der Waals surface area contributed by atoms with Gasteiger partial charge >= 0.3 is 5.97 Å². The van der Waals surface area contributed by atoms with Crippen LogP contribution in [0.3, 0.4) is 0 Å². The van der Waals surface area contributed by atoms with Gasteiger partial charge in [0.1, 0.15) is 18.2 Å². The second-order valence-electron chi connectivity index (χ2n) is 6.88. The Morgan fingerprint density at radius 2 is 1.88 bits per heavy atom. The molecule has 3 aromatic carbocycles. The third-order valence-corrected chi connectivity index (χ3v) is 5.27. The molecule has 2 N–H and O–H groups in total. The van der Waals surface area contributed by atoms with Crippen molar-refractivity contribution in [2.45, 2.75) is 6.61 Å². The van der Waals surface area contributed by atoms with Gasteiger partial charge in [-0.3, -0.25) is 4.79 Å². The van der Waals surface area contributed by atoms with Crippen LogP contribution in [-0.4, -0.2) is 24.1 Å². The number of benzene rings is 3. The summed E-state index contributed by atoms with van der Waals surface area (Å²) in [5, 5.41) is 22.3. The molecule has 34 heavy (non-hydrogen) atoms. The first-order valence-corrected chi connectivity index (χ1v) is 10.6. The zero-order valence-corrected chi connectivity index (χ0v) is 19.4. The van der Waals surface area contributed by atoms with Crippen LogP contribution in [0.5, 0.6) is 11.5 Å². The Morgan fingerprint density at radius 1 is 1.12 bits per heavy atom. The van der Waals surface area contributed by atoms with Gasteiger partial charge in [-0.25, -0.2) is 4.79 Å². The van der Waals surface area contributed by atoms with Crippen molar-refractivity contribution in [3.8, 4) is 17.6 Å². The Balaban J connectivity index is 1.92. The quantitative estimate of drug-likeness (QED) is 0.300. The number of hydrogen-bond donors (Lipinski definition) is 2. The third kappa shape index (κ3) is 5.87. The summed E-state index contributed by atoms with van der Waals surface area (Å²) in [7, 11) is 1.46. The average molecular weight is 497 g/mol. The summed E-state index contributed by atoms with van der Waals surface area (Å²) in [5.74, 6) is -1.30. The topological polar surface area (TPSA) is 109 Å². The Kier molecular flexibility index (Phi) is 8.14. The van der Waals surface area contributed by atoms with Crippen molar-refractivity contribution < 1.29 is 24.2 Å². The maximum Gasteiger partial charge on any atom is 0.337 e. The lowest BCUT2D eigenvalue weighted by Gasteiger charge is -2.14. The van der Waals surface area contributed by atoms with Crippen LogP contribution >= 0.6 is 23.2 Å². The number of nitriles is 1. The van der Waals surface area contributed by atoms with Crippen LogP contribution < -0.4 is 14.8 Å². The van der Waals surface area contributed by atoms with Gasteiger partial charge in [-0.2, -0.15) is 5.26 Å². The average Bonchev–Trinajstić information content (AvgIpc) is 2.82. The molecule has 0 aromatic heterocycles. The standard InChI is InChI=1S/C25H18Cl2N2O5/c1-33-22-8-4-5-15(23(22)34-14-16-9-10-18(26)12-20(16)27)11-17(13-28)24(30)29-21-7-3-2-6-19(21)25(31)32/h2-12H,14H2,1H3,(H,29,30)(H,31,32)/b17-11+. The SMILES string of the molecule is COc1cccc(/C=C(\C#N)C(=O)Nc2ccccc2C(=O)O)c1OCc1ccc(Cl)cc1Cl. The number of anilines is 1. The van der Waals surface area contributed by atoms with E-state index in [2.05, 4.69) is 5.32 Å². The fourth-order valence-corrected chi connectivity index (χ4v) is 3.49. The predicted octanol–water partition coefficient (Wildman–Crippen LogP) is 5.82. The monoisotopic (exact) mass is 496 g/mol. The highest BCUT2D eigenvalue weighted by molar-refractivity contribution is 6.35. The molecule has 0 aliphatic heterocycles. The number of carbonyl (C=O) groups is 2. The van der Waals surface area contributed by atoms with E-state index in [-0.39, 0.29) is 23.4 Å². The summed E-state index contributed by atoms with van der Waals surface area (Å²) in [4.78, 5) is 24.1. The van der Waals surface area contributed by atoms with Gasteiger partial charge in [-0.05, 0) is 36.4 Å². The van der Waals surface area contributed by atoms with E-state index in [1.165, 1.54) is 31.4 Å². The van der Waals surface area contributed by atoms with E-state index in [1.54, 1.807) is 42.5 Å². The zero-order chi connectivity index (χ0) is 24.7. The summed E-state index contributed by atoms with van der Waals surface area (Å²) in [5.41, 5.74) is 0.792. The number of nitrogens with one attached hydrogen (secondary N) is 1. The molecule has 0 unspecified atom stereocenters. The summed E-state index contributed by atoms with van der Waals surface area (Å²) in [6.45, 7) is 0.0806. The van der Waals surface area contributed by atoms with Crippen molar-refractivity contribution in [2.75, 3.05) is 12.4 Å². The number of para-hydroxylation sites is 2. The van der Waals surface area contributed by atoms with Gasteiger partial charge in [0.15, 0.2) is 11.5 Å². The Bertz CT molecular complexity index is 1310. The molecule has 0 bridgehead atoms. The number of halogens is 2. The molecule has 172 valence electrons. The highest BCUT2D eigenvalue weighted by Crippen LogP contribution is 2.34. The Hall–Kier alpha value is -3.99. The van der Waals surface area contributed by atoms with Gasteiger partial charge in [0, 0.05) is 21.2 Å². The first-order valence-electron chi connectivity index (χ1n) is 9.83. The van der Waals surface area contributed by atoms with Crippen LogP contribution in [0.25, 0.3) is 6.08 Å². The maximum absolute atomic E-state index is 12.7. The Morgan fingerprint density at radius 3 is 2.56 bits per heavy atom. The summed E-state index contributed by atoms with van der Waals surface area (Å²) >= 11 is 12.2. The molecular formula is C25H18Cl2N2O5. The summed E-state index contributed by atoms with van der Waals surface area (Å²) < 4.78 is 11.3. The molecule has 0 saturated heterocycles.